The number of ketones is 1. The van der Waals surface area contributed by atoms with E-state index in [1.165, 1.54) is 12.1 Å². The van der Waals surface area contributed by atoms with Crippen molar-refractivity contribution in [1.29, 1.82) is 0 Å². The van der Waals surface area contributed by atoms with Gasteiger partial charge in [0.25, 0.3) is 6.01 Å². The molecule has 0 aliphatic carbocycles. The Balaban J connectivity index is 1.86. The Labute approximate surface area is 139 Å². The predicted molar refractivity (Wildman–Crippen MR) is 92.0 cm³/mol. The lowest BCUT2D eigenvalue weighted by atomic mass is 10.0. The van der Waals surface area contributed by atoms with Crippen molar-refractivity contribution < 1.29 is 13.6 Å². The van der Waals surface area contributed by atoms with Crippen LogP contribution in [0.3, 0.4) is 0 Å². The summed E-state index contributed by atoms with van der Waals surface area (Å²) in [6.45, 7) is 5.65. The number of aryl methyl sites for hydroxylation is 1. The highest BCUT2D eigenvalue weighted by molar-refractivity contribution is 5.84. The predicted octanol–water partition coefficient (Wildman–Crippen LogP) is 4.79. The van der Waals surface area contributed by atoms with Gasteiger partial charge in [0, 0.05) is 18.0 Å². The van der Waals surface area contributed by atoms with E-state index in [1.54, 1.807) is 6.07 Å². The van der Waals surface area contributed by atoms with E-state index in [1.807, 2.05) is 39.0 Å². The van der Waals surface area contributed by atoms with Crippen molar-refractivity contribution in [3.8, 4) is 0 Å². The molecule has 0 amide bonds. The Bertz CT molecular complexity index is 900. The quantitative estimate of drug-likeness (QED) is 0.732. The van der Waals surface area contributed by atoms with Gasteiger partial charge < -0.3 is 9.73 Å². The number of Topliss-reactive ketones (excluding diaryl/α,β-unsaturated/α-hetero) is 1. The van der Waals surface area contributed by atoms with Crippen LogP contribution in [-0.4, -0.2) is 10.8 Å². The number of carbonyl (C=O) groups excluding carboxylic acids is 1. The Morgan fingerprint density at radius 2 is 2.04 bits per heavy atom. The van der Waals surface area contributed by atoms with Crippen LogP contribution in [0.4, 0.5) is 16.1 Å². The third-order valence-electron chi connectivity index (χ3n) is 3.92. The van der Waals surface area contributed by atoms with Gasteiger partial charge in [-0.15, -0.1) is 0 Å². The van der Waals surface area contributed by atoms with Crippen molar-refractivity contribution in [2.75, 3.05) is 5.32 Å². The summed E-state index contributed by atoms with van der Waals surface area (Å²) in [6, 6.07) is 10.3. The monoisotopic (exact) mass is 326 g/mol. The summed E-state index contributed by atoms with van der Waals surface area (Å²) < 4.78 is 19.1. The number of nitrogens with one attached hydrogen (secondary N) is 1. The van der Waals surface area contributed by atoms with E-state index in [2.05, 4.69) is 10.3 Å². The van der Waals surface area contributed by atoms with Crippen molar-refractivity contribution >= 4 is 28.6 Å². The van der Waals surface area contributed by atoms with Gasteiger partial charge in [0.15, 0.2) is 5.58 Å². The molecule has 2 aromatic carbocycles. The third kappa shape index (κ3) is 3.45. The Kier molecular flexibility index (Phi) is 4.34. The Morgan fingerprint density at radius 3 is 2.79 bits per heavy atom. The van der Waals surface area contributed by atoms with Gasteiger partial charge in [0.1, 0.15) is 17.1 Å². The minimum Gasteiger partial charge on any atom is -0.423 e. The summed E-state index contributed by atoms with van der Waals surface area (Å²) in [5.41, 5.74) is 3.68. The highest BCUT2D eigenvalue weighted by atomic mass is 19.1. The maximum absolute atomic E-state index is 13.4. The zero-order valence-corrected chi connectivity index (χ0v) is 13.9. The smallest absolute Gasteiger partial charge is 0.300 e. The molecular formula is C19H19FN2O2. The lowest BCUT2D eigenvalue weighted by Gasteiger charge is -2.05. The first-order valence-corrected chi connectivity index (χ1v) is 7.88. The molecule has 0 aliphatic heterocycles. The van der Waals surface area contributed by atoms with E-state index < -0.39 is 0 Å². The van der Waals surface area contributed by atoms with E-state index in [-0.39, 0.29) is 17.5 Å². The van der Waals surface area contributed by atoms with Crippen LogP contribution in [0.2, 0.25) is 0 Å². The average Bonchev–Trinajstić information content (AvgIpc) is 2.92. The molecule has 0 radical (unpaired) electrons. The molecule has 124 valence electrons. The number of fused-ring (bicyclic) bond motifs is 1. The van der Waals surface area contributed by atoms with Crippen molar-refractivity contribution in [1.82, 2.24) is 4.98 Å². The number of nitrogens with zero attached hydrogens (tertiary/aromatic N) is 1. The maximum Gasteiger partial charge on any atom is 0.300 e. The van der Waals surface area contributed by atoms with Crippen LogP contribution in [0, 0.1) is 18.7 Å². The minimum absolute atomic E-state index is 0.00334. The van der Waals surface area contributed by atoms with Gasteiger partial charge in [-0.3, -0.25) is 4.79 Å². The molecule has 1 N–H and O–H groups in total. The normalized spacial score (nSPS) is 11.2. The summed E-state index contributed by atoms with van der Waals surface area (Å²) in [5.74, 6) is -0.139. The molecule has 1 heterocycles. The highest BCUT2D eigenvalue weighted by Crippen LogP contribution is 2.25. The van der Waals surface area contributed by atoms with E-state index in [9.17, 15) is 9.18 Å². The van der Waals surface area contributed by atoms with Gasteiger partial charge in [-0.2, -0.15) is 4.98 Å². The molecule has 0 spiro atoms. The van der Waals surface area contributed by atoms with Gasteiger partial charge in [-0.1, -0.05) is 26.0 Å². The number of carbonyl (C=O) groups is 1. The second kappa shape index (κ2) is 6.43. The lowest BCUT2D eigenvalue weighted by molar-refractivity contribution is -0.121. The first-order chi connectivity index (χ1) is 11.4. The molecule has 3 aromatic rings. The topological polar surface area (TPSA) is 55.1 Å². The number of anilines is 2. The van der Waals surface area contributed by atoms with E-state index in [0.717, 1.165) is 11.1 Å². The molecular weight excluding hydrogens is 307 g/mol. The molecule has 0 saturated carbocycles. The van der Waals surface area contributed by atoms with E-state index in [4.69, 9.17) is 4.42 Å². The van der Waals surface area contributed by atoms with Crippen LogP contribution in [0.5, 0.6) is 0 Å². The van der Waals surface area contributed by atoms with Crippen LogP contribution in [0.1, 0.15) is 25.0 Å². The van der Waals surface area contributed by atoms with Gasteiger partial charge in [-0.05, 0) is 42.3 Å². The molecule has 0 fully saturated rings. The van der Waals surface area contributed by atoms with Gasteiger partial charge in [-0.25, -0.2) is 4.39 Å². The zero-order valence-electron chi connectivity index (χ0n) is 13.9. The summed E-state index contributed by atoms with van der Waals surface area (Å²) in [7, 11) is 0. The fourth-order valence-corrected chi connectivity index (χ4v) is 2.38. The SMILES string of the molecule is Cc1ccc(F)cc1Nc1nc2ccc(CC(=O)C(C)C)cc2o1. The number of hydrogen-bond donors (Lipinski definition) is 1. The van der Waals surface area contributed by atoms with E-state index in [0.29, 0.717) is 29.2 Å². The van der Waals surface area contributed by atoms with Crippen LogP contribution in [-0.2, 0) is 11.2 Å². The summed E-state index contributed by atoms with van der Waals surface area (Å²) in [6.07, 6.45) is 0.375. The van der Waals surface area contributed by atoms with Crippen molar-refractivity contribution in [2.45, 2.75) is 27.2 Å². The first kappa shape index (κ1) is 16.2. The number of hydrogen-bond acceptors (Lipinski definition) is 4. The van der Waals surface area contributed by atoms with Crippen LogP contribution in [0.25, 0.3) is 11.1 Å². The Morgan fingerprint density at radius 1 is 1.25 bits per heavy atom. The second-order valence-electron chi connectivity index (χ2n) is 6.20. The van der Waals surface area contributed by atoms with Crippen molar-refractivity contribution in [3.05, 3.63) is 53.3 Å². The molecule has 0 unspecified atom stereocenters. The number of rotatable bonds is 5. The minimum atomic E-state index is -0.325. The largest absolute Gasteiger partial charge is 0.423 e. The highest BCUT2D eigenvalue weighted by Gasteiger charge is 2.12. The van der Waals surface area contributed by atoms with E-state index >= 15 is 0 Å². The number of halogens is 1. The standard InChI is InChI=1S/C19H19FN2O2/c1-11(2)17(23)8-13-5-7-15-18(9-13)24-19(21-15)22-16-10-14(20)6-4-12(16)3/h4-7,9-11H,8H2,1-3H3,(H,21,22). The average molecular weight is 326 g/mol. The van der Waals surface area contributed by atoms with Crippen molar-refractivity contribution in [2.24, 2.45) is 5.92 Å². The maximum atomic E-state index is 13.4. The lowest BCUT2D eigenvalue weighted by Crippen LogP contribution is -2.09. The summed E-state index contributed by atoms with van der Waals surface area (Å²) in [4.78, 5) is 16.2. The summed E-state index contributed by atoms with van der Waals surface area (Å²) in [5, 5.41) is 3.00. The van der Waals surface area contributed by atoms with Crippen molar-refractivity contribution in [3.63, 3.8) is 0 Å². The number of aromatic nitrogens is 1. The van der Waals surface area contributed by atoms with Crippen LogP contribution < -0.4 is 5.32 Å². The molecule has 3 rings (SSSR count). The Hall–Kier alpha value is -2.69. The third-order valence-corrected chi connectivity index (χ3v) is 3.92. The molecule has 1 aromatic heterocycles. The van der Waals surface area contributed by atoms with Gasteiger partial charge in [0.2, 0.25) is 0 Å². The fraction of sp³-hybridized carbons (Fsp3) is 0.263. The molecule has 0 saturated heterocycles. The number of oxazole rings is 1. The van der Waals surface area contributed by atoms with Gasteiger partial charge in [0.05, 0.1) is 0 Å². The van der Waals surface area contributed by atoms with Gasteiger partial charge >= 0.3 is 0 Å². The van der Waals surface area contributed by atoms with Crippen LogP contribution in [0.15, 0.2) is 40.8 Å². The molecule has 24 heavy (non-hydrogen) atoms. The zero-order chi connectivity index (χ0) is 17.3. The number of benzene rings is 2. The first-order valence-electron chi connectivity index (χ1n) is 7.88. The molecule has 0 aliphatic rings. The fourth-order valence-electron chi connectivity index (χ4n) is 2.38. The molecule has 4 nitrogen and oxygen atoms in total. The summed E-state index contributed by atoms with van der Waals surface area (Å²) >= 11 is 0. The molecule has 0 atom stereocenters. The van der Waals surface area contributed by atoms with Crippen LogP contribution >= 0.6 is 0 Å². The molecule has 5 heteroatoms. The molecule has 0 bridgehead atoms. The second-order valence-corrected chi connectivity index (χ2v) is 6.20.